The molecule has 0 bridgehead atoms. The molecule has 0 amide bonds. The maximum atomic E-state index is 14.0. The molecule has 0 spiro atoms. The molecule has 2 heterocycles. The Hall–Kier alpha value is -3.14. The fourth-order valence-electron chi connectivity index (χ4n) is 2.07. The van der Waals surface area contributed by atoms with Crippen LogP contribution >= 0.6 is 0 Å². The zero-order valence-corrected chi connectivity index (χ0v) is 14.2. The highest BCUT2D eigenvalue weighted by atomic mass is 32.2. The highest BCUT2D eigenvalue weighted by Crippen LogP contribution is 2.33. The molecule has 7 nitrogen and oxygen atoms in total. The number of nitrogens with two attached hydrogens (primary N) is 1. The smallest absolute Gasteiger partial charge is 0.247 e. The fraction of sp³-hybridized carbons (Fsp3) is 0.0625. The molecule has 3 rings (SSSR count). The van der Waals surface area contributed by atoms with Gasteiger partial charge in [-0.25, -0.2) is 27.8 Å². The molecule has 0 radical (unpaired) electrons. The van der Waals surface area contributed by atoms with Crippen LogP contribution in [0.5, 0.6) is 11.6 Å². The van der Waals surface area contributed by atoms with Crippen LogP contribution in [-0.4, -0.2) is 29.6 Å². The first-order chi connectivity index (χ1) is 12.3. The number of halogens is 2. The molecule has 0 saturated carbocycles. The van der Waals surface area contributed by atoms with Crippen molar-refractivity contribution in [2.75, 3.05) is 12.0 Å². The molecule has 0 aliphatic rings. The molecule has 2 N–H and O–H groups in total. The summed E-state index contributed by atoms with van der Waals surface area (Å²) in [5, 5.41) is -0.380. The van der Waals surface area contributed by atoms with Crippen molar-refractivity contribution < 1.29 is 21.9 Å². The van der Waals surface area contributed by atoms with Gasteiger partial charge in [-0.15, -0.1) is 0 Å². The number of sulfone groups is 1. The number of rotatable bonds is 4. The predicted octanol–water partition coefficient (Wildman–Crippen LogP) is 2.59. The molecule has 0 atom stereocenters. The molecule has 10 heteroatoms. The number of nitrogen functional groups attached to an aromatic ring is 1. The minimum absolute atomic E-state index is 0.0891. The number of pyridine rings is 1. The Morgan fingerprint density at radius 1 is 1.04 bits per heavy atom. The number of aromatic nitrogens is 3. The van der Waals surface area contributed by atoms with E-state index in [0.29, 0.717) is 0 Å². The highest BCUT2D eigenvalue weighted by Gasteiger charge is 2.18. The molecular formula is C16H12F2N4O3S. The SMILES string of the molecule is CS(=O)(=O)c1nccc(-c2cccnc2Oc2ccc(N)c(F)c2F)n1. The lowest BCUT2D eigenvalue weighted by atomic mass is 10.2. The number of anilines is 1. The predicted molar refractivity (Wildman–Crippen MR) is 89.2 cm³/mol. The van der Waals surface area contributed by atoms with Gasteiger partial charge in [-0.1, -0.05) is 0 Å². The second-order valence-corrected chi connectivity index (χ2v) is 7.15. The summed E-state index contributed by atoms with van der Waals surface area (Å²) in [7, 11) is -3.63. The molecule has 0 fully saturated rings. The first kappa shape index (κ1) is 17.7. The van der Waals surface area contributed by atoms with E-state index in [2.05, 4.69) is 15.0 Å². The van der Waals surface area contributed by atoms with Crippen molar-refractivity contribution in [3.8, 4) is 22.9 Å². The third-order valence-corrected chi connectivity index (χ3v) is 4.16. The molecule has 0 saturated heterocycles. The number of nitrogens with zero attached hydrogens (tertiary/aromatic N) is 3. The van der Waals surface area contributed by atoms with Crippen LogP contribution in [0.4, 0.5) is 14.5 Å². The van der Waals surface area contributed by atoms with Crippen LogP contribution in [-0.2, 0) is 9.84 Å². The normalized spacial score (nSPS) is 11.3. The summed E-state index contributed by atoms with van der Waals surface area (Å²) in [5.41, 5.74) is 5.41. The quantitative estimate of drug-likeness (QED) is 0.549. The highest BCUT2D eigenvalue weighted by molar-refractivity contribution is 7.90. The zero-order chi connectivity index (χ0) is 18.9. The summed E-state index contributed by atoms with van der Waals surface area (Å²) in [6.07, 6.45) is 3.61. The van der Waals surface area contributed by atoms with Gasteiger partial charge in [0.1, 0.15) is 0 Å². The molecule has 134 valence electrons. The van der Waals surface area contributed by atoms with Crippen molar-refractivity contribution in [1.29, 1.82) is 0 Å². The van der Waals surface area contributed by atoms with E-state index >= 15 is 0 Å². The van der Waals surface area contributed by atoms with Crippen LogP contribution in [0.2, 0.25) is 0 Å². The number of hydrogen-bond acceptors (Lipinski definition) is 7. The average molecular weight is 378 g/mol. The molecular weight excluding hydrogens is 366 g/mol. The van der Waals surface area contributed by atoms with E-state index in [4.69, 9.17) is 10.5 Å². The minimum Gasteiger partial charge on any atom is -0.435 e. The number of benzene rings is 1. The number of hydrogen-bond donors (Lipinski definition) is 1. The summed E-state index contributed by atoms with van der Waals surface area (Å²) < 4.78 is 56.2. The molecule has 0 aliphatic carbocycles. The summed E-state index contributed by atoms with van der Waals surface area (Å²) in [6.45, 7) is 0. The Labute approximate surface area is 147 Å². The van der Waals surface area contributed by atoms with Gasteiger partial charge in [-0.3, -0.25) is 0 Å². The Morgan fingerprint density at radius 3 is 2.54 bits per heavy atom. The van der Waals surface area contributed by atoms with E-state index in [1.807, 2.05) is 0 Å². The van der Waals surface area contributed by atoms with Gasteiger partial charge in [-0.05, 0) is 30.3 Å². The first-order valence-electron chi connectivity index (χ1n) is 7.17. The van der Waals surface area contributed by atoms with Gasteiger partial charge in [-0.2, -0.15) is 4.39 Å². The Balaban J connectivity index is 2.07. The van der Waals surface area contributed by atoms with Gasteiger partial charge in [0, 0.05) is 18.6 Å². The summed E-state index contributed by atoms with van der Waals surface area (Å²) in [5.74, 6) is -3.01. The lowest BCUT2D eigenvalue weighted by Gasteiger charge is -2.11. The maximum absolute atomic E-state index is 14.0. The van der Waals surface area contributed by atoms with Crippen LogP contribution in [0.3, 0.4) is 0 Å². The molecule has 3 aromatic rings. The topological polar surface area (TPSA) is 108 Å². The van der Waals surface area contributed by atoms with Gasteiger partial charge in [0.25, 0.3) is 0 Å². The van der Waals surface area contributed by atoms with Crippen molar-refractivity contribution in [2.45, 2.75) is 5.16 Å². The number of ether oxygens (including phenoxy) is 1. The average Bonchev–Trinajstić information content (AvgIpc) is 2.62. The van der Waals surface area contributed by atoms with E-state index in [-0.39, 0.29) is 28.0 Å². The molecule has 0 aliphatic heterocycles. The van der Waals surface area contributed by atoms with E-state index < -0.39 is 27.2 Å². The van der Waals surface area contributed by atoms with E-state index in [0.717, 1.165) is 18.4 Å². The van der Waals surface area contributed by atoms with Crippen molar-refractivity contribution in [1.82, 2.24) is 15.0 Å². The van der Waals surface area contributed by atoms with Crippen LogP contribution in [0.15, 0.2) is 47.9 Å². The Morgan fingerprint density at radius 2 is 1.81 bits per heavy atom. The largest absolute Gasteiger partial charge is 0.435 e. The van der Waals surface area contributed by atoms with Crippen molar-refractivity contribution in [3.05, 3.63) is 54.4 Å². The summed E-state index contributed by atoms with van der Waals surface area (Å²) in [6, 6.07) is 6.86. The molecule has 26 heavy (non-hydrogen) atoms. The van der Waals surface area contributed by atoms with Gasteiger partial charge in [0.2, 0.25) is 26.7 Å². The minimum atomic E-state index is -3.63. The fourth-order valence-corrected chi connectivity index (χ4v) is 2.58. The van der Waals surface area contributed by atoms with Gasteiger partial charge >= 0.3 is 0 Å². The first-order valence-corrected chi connectivity index (χ1v) is 9.06. The zero-order valence-electron chi connectivity index (χ0n) is 13.3. The van der Waals surface area contributed by atoms with E-state index in [9.17, 15) is 17.2 Å². The Bertz CT molecular complexity index is 1090. The van der Waals surface area contributed by atoms with Gasteiger partial charge < -0.3 is 10.5 Å². The van der Waals surface area contributed by atoms with Crippen LogP contribution in [0.1, 0.15) is 0 Å². The van der Waals surface area contributed by atoms with Crippen LogP contribution < -0.4 is 10.5 Å². The lowest BCUT2D eigenvalue weighted by molar-refractivity contribution is 0.407. The standard InChI is InChI=1S/C16H12F2N4O3S/c1-26(23,24)16-21-8-6-11(22-16)9-3-2-7-20-15(9)25-12-5-4-10(19)13(17)14(12)18/h2-8H,19H2,1H3. The summed E-state index contributed by atoms with van der Waals surface area (Å²) >= 11 is 0. The molecule has 0 unspecified atom stereocenters. The maximum Gasteiger partial charge on any atom is 0.247 e. The van der Waals surface area contributed by atoms with Crippen molar-refractivity contribution in [2.24, 2.45) is 0 Å². The van der Waals surface area contributed by atoms with Crippen LogP contribution in [0, 0.1) is 11.6 Å². The third kappa shape index (κ3) is 3.45. The third-order valence-electron chi connectivity index (χ3n) is 3.30. The van der Waals surface area contributed by atoms with Crippen molar-refractivity contribution in [3.63, 3.8) is 0 Å². The Kier molecular flexibility index (Phi) is 4.51. The van der Waals surface area contributed by atoms with Crippen molar-refractivity contribution >= 4 is 15.5 Å². The second kappa shape index (κ2) is 6.64. The molecule has 1 aromatic carbocycles. The molecule has 2 aromatic heterocycles. The van der Waals surface area contributed by atoms with Gasteiger partial charge in [0.15, 0.2) is 11.6 Å². The van der Waals surface area contributed by atoms with Crippen LogP contribution in [0.25, 0.3) is 11.3 Å². The monoisotopic (exact) mass is 378 g/mol. The van der Waals surface area contributed by atoms with E-state index in [1.165, 1.54) is 18.5 Å². The van der Waals surface area contributed by atoms with E-state index in [1.54, 1.807) is 12.1 Å². The lowest BCUT2D eigenvalue weighted by Crippen LogP contribution is -2.05. The summed E-state index contributed by atoms with van der Waals surface area (Å²) in [4.78, 5) is 11.6. The van der Waals surface area contributed by atoms with Gasteiger partial charge in [0.05, 0.1) is 16.9 Å². The second-order valence-electron chi connectivity index (χ2n) is 5.24.